The molecule has 0 radical (unpaired) electrons. The van der Waals surface area contributed by atoms with Gasteiger partial charge in [-0.15, -0.1) is 0 Å². The van der Waals surface area contributed by atoms with Crippen LogP contribution < -0.4 is 21.5 Å². The normalized spacial score (nSPS) is 16.2. The van der Waals surface area contributed by atoms with Gasteiger partial charge in [0.05, 0.1) is 23.0 Å². The van der Waals surface area contributed by atoms with Crippen LogP contribution in [0.2, 0.25) is 0 Å². The Labute approximate surface area is 219 Å². The van der Waals surface area contributed by atoms with Crippen LogP contribution in [0.15, 0.2) is 47.4 Å². The van der Waals surface area contributed by atoms with Crippen molar-refractivity contribution in [2.75, 3.05) is 17.7 Å². The molecule has 2 atom stereocenters. The highest BCUT2D eigenvalue weighted by Crippen LogP contribution is 2.40. The van der Waals surface area contributed by atoms with Crippen molar-refractivity contribution < 1.29 is 4.79 Å². The van der Waals surface area contributed by atoms with Crippen molar-refractivity contribution in [3.05, 3.63) is 69.8 Å². The van der Waals surface area contributed by atoms with Crippen LogP contribution >= 0.6 is 0 Å². The second-order valence-corrected chi connectivity index (χ2v) is 9.43. The lowest BCUT2D eigenvalue weighted by Gasteiger charge is -2.11. The van der Waals surface area contributed by atoms with Crippen LogP contribution in [-0.2, 0) is 13.5 Å². The molecular weight excluding hydrogens is 482 g/mol. The second-order valence-electron chi connectivity index (χ2n) is 9.43. The number of hydrogen-bond donors (Lipinski definition) is 3. The zero-order valence-electron chi connectivity index (χ0n) is 21.5. The monoisotopic (exact) mass is 511 g/mol. The highest BCUT2D eigenvalue weighted by molar-refractivity contribution is 5.89. The van der Waals surface area contributed by atoms with Crippen LogP contribution in [0.1, 0.15) is 48.9 Å². The maximum atomic E-state index is 13.0. The van der Waals surface area contributed by atoms with Crippen LogP contribution in [0, 0.1) is 11.3 Å². The summed E-state index contributed by atoms with van der Waals surface area (Å²) < 4.78 is 3.20. The maximum absolute atomic E-state index is 13.0. The van der Waals surface area contributed by atoms with Gasteiger partial charge in [0.1, 0.15) is 11.5 Å². The number of unbranched alkanes of at least 4 members (excludes halogenated alkanes) is 1. The fourth-order valence-electron chi connectivity index (χ4n) is 4.55. The van der Waals surface area contributed by atoms with Gasteiger partial charge < -0.3 is 10.6 Å². The van der Waals surface area contributed by atoms with Crippen molar-refractivity contribution in [2.24, 2.45) is 7.05 Å². The summed E-state index contributed by atoms with van der Waals surface area (Å²) in [7, 11) is 3.42. The lowest BCUT2D eigenvalue weighted by molar-refractivity contribution is 0.251. The molecule has 11 heteroatoms. The fraction of sp³-hybridized carbons (Fsp3) is 0.333. The highest BCUT2D eigenvalue weighted by atomic mass is 16.2. The first kappa shape index (κ1) is 25.0. The first-order valence-electron chi connectivity index (χ1n) is 12.6. The number of rotatable bonds is 8. The number of aromatic nitrogens is 5. The van der Waals surface area contributed by atoms with Crippen molar-refractivity contribution in [1.29, 1.82) is 5.26 Å². The number of nitriles is 1. The second kappa shape index (κ2) is 10.3. The standard InChI is InChI=1S/C27H29N9O2/c1-4-5-6-18-12-23(36(34-18)19-9-7-16(14-28)8-10-19)32-27(38)31-22-13-20(22)21-11-17-15-30-26(29-2)33-24(17)35(3)25(21)37/h7-12,15,20,22H,4-6,13H2,1-3H3,(H,29,30,33)(H2,31,32,38). The smallest absolute Gasteiger partial charge is 0.320 e. The largest absolute Gasteiger partial charge is 0.357 e. The van der Waals surface area contributed by atoms with Gasteiger partial charge in [0.15, 0.2) is 0 Å². The van der Waals surface area contributed by atoms with E-state index in [2.05, 4.69) is 44.0 Å². The van der Waals surface area contributed by atoms with Crippen LogP contribution in [0.3, 0.4) is 0 Å². The van der Waals surface area contributed by atoms with Gasteiger partial charge in [0.2, 0.25) is 5.95 Å². The minimum absolute atomic E-state index is 0.0867. The van der Waals surface area contributed by atoms with Crippen molar-refractivity contribution in [2.45, 2.75) is 44.6 Å². The Morgan fingerprint density at radius 3 is 2.74 bits per heavy atom. The predicted octanol–water partition coefficient (Wildman–Crippen LogP) is 3.45. The first-order valence-corrected chi connectivity index (χ1v) is 12.6. The summed E-state index contributed by atoms with van der Waals surface area (Å²) in [5.41, 5.74) is 3.22. The van der Waals surface area contributed by atoms with E-state index in [0.29, 0.717) is 35.0 Å². The SMILES string of the molecule is CCCCc1cc(NC(=O)NC2CC2c2cc3cnc(NC)nc3n(C)c2=O)n(-c2ccc(C#N)cc2)n1. The van der Waals surface area contributed by atoms with Gasteiger partial charge in [-0.3, -0.25) is 14.7 Å². The quantitative estimate of drug-likeness (QED) is 0.329. The molecule has 0 aliphatic heterocycles. The number of nitrogens with one attached hydrogen (secondary N) is 3. The van der Waals surface area contributed by atoms with Crippen LogP contribution in [-0.4, -0.2) is 43.4 Å². The van der Waals surface area contributed by atoms with Gasteiger partial charge in [0, 0.05) is 49.3 Å². The topological polar surface area (TPSA) is 143 Å². The molecule has 1 aliphatic rings. The van der Waals surface area contributed by atoms with Gasteiger partial charge in [-0.2, -0.15) is 15.3 Å². The lowest BCUT2D eigenvalue weighted by atomic mass is 10.1. The molecule has 38 heavy (non-hydrogen) atoms. The van der Waals surface area contributed by atoms with Gasteiger partial charge in [-0.05, 0) is 49.6 Å². The molecule has 3 aromatic heterocycles. The number of benzene rings is 1. The van der Waals surface area contributed by atoms with Crippen molar-refractivity contribution in [3.63, 3.8) is 0 Å². The number of nitrogens with zero attached hydrogens (tertiary/aromatic N) is 6. The third kappa shape index (κ3) is 4.93. The molecule has 4 aromatic rings. The summed E-state index contributed by atoms with van der Waals surface area (Å²) in [5, 5.41) is 23.3. The van der Waals surface area contributed by atoms with Gasteiger partial charge in [-0.1, -0.05) is 13.3 Å². The average molecular weight is 512 g/mol. The lowest BCUT2D eigenvalue weighted by Crippen LogP contribution is -2.33. The molecule has 3 N–H and O–H groups in total. The molecule has 2 amide bonds. The molecular formula is C27H29N9O2. The number of urea groups is 1. The van der Waals surface area contributed by atoms with E-state index in [0.717, 1.165) is 36.0 Å². The molecule has 5 rings (SSSR count). The maximum Gasteiger partial charge on any atom is 0.320 e. The molecule has 0 saturated heterocycles. The van der Waals surface area contributed by atoms with E-state index in [4.69, 9.17) is 5.26 Å². The number of carbonyl (C=O) groups excluding carboxylic acids is 1. The molecule has 0 bridgehead atoms. The van der Waals surface area contributed by atoms with Gasteiger partial charge in [-0.25, -0.2) is 14.5 Å². The van der Waals surface area contributed by atoms with Crippen LogP contribution in [0.4, 0.5) is 16.6 Å². The van der Waals surface area contributed by atoms with Gasteiger partial charge >= 0.3 is 6.03 Å². The molecule has 3 heterocycles. The number of carbonyl (C=O) groups is 1. The summed E-state index contributed by atoms with van der Waals surface area (Å²) in [4.78, 5) is 34.7. The van der Waals surface area contributed by atoms with Crippen molar-refractivity contribution in [3.8, 4) is 11.8 Å². The number of anilines is 2. The van der Waals surface area contributed by atoms with E-state index in [-0.39, 0.29) is 23.6 Å². The van der Waals surface area contributed by atoms with Crippen LogP contribution in [0.5, 0.6) is 0 Å². The Morgan fingerprint density at radius 2 is 2.03 bits per heavy atom. The predicted molar refractivity (Wildman–Crippen MR) is 145 cm³/mol. The molecule has 194 valence electrons. The van der Waals surface area contributed by atoms with Crippen LogP contribution in [0.25, 0.3) is 16.7 Å². The van der Waals surface area contributed by atoms with Crippen molar-refractivity contribution in [1.82, 2.24) is 29.6 Å². The number of fused-ring (bicyclic) bond motifs is 1. The Kier molecular flexibility index (Phi) is 6.79. The molecule has 1 saturated carbocycles. The number of hydrogen-bond acceptors (Lipinski definition) is 7. The van der Waals surface area contributed by atoms with Gasteiger partial charge in [0.25, 0.3) is 5.56 Å². The highest BCUT2D eigenvalue weighted by Gasteiger charge is 2.41. The molecule has 1 aliphatic carbocycles. The summed E-state index contributed by atoms with van der Waals surface area (Å²) in [6, 6.07) is 12.3. The first-order chi connectivity index (χ1) is 18.4. The molecule has 1 aromatic carbocycles. The van der Waals surface area contributed by atoms with E-state index in [1.165, 1.54) is 4.57 Å². The summed E-state index contributed by atoms with van der Waals surface area (Å²) in [5.74, 6) is 0.895. The minimum Gasteiger partial charge on any atom is -0.357 e. The molecule has 11 nitrogen and oxygen atoms in total. The fourth-order valence-corrected chi connectivity index (χ4v) is 4.55. The summed E-state index contributed by atoms with van der Waals surface area (Å²) in [6.07, 6.45) is 5.18. The summed E-state index contributed by atoms with van der Waals surface area (Å²) >= 11 is 0. The Bertz CT molecular complexity index is 1600. The molecule has 1 fully saturated rings. The zero-order valence-corrected chi connectivity index (χ0v) is 21.5. The minimum atomic E-state index is -0.367. The van der Waals surface area contributed by atoms with E-state index >= 15 is 0 Å². The Morgan fingerprint density at radius 1 is 1.24 bits per heavy atom. The Balaban J connectivity index is 1.32. The third-order valence-corrected chi connectivity index (χ3v) is 6.74. The molecule has 0 spiro atoms. The van der Waals surface area contributed by atoms with Crippen molar-refractivity contribution >= 4 is 28.8 Å². The number of pyridine rings is 1. The zero-order chi connectivity index (χ0) is 26.8. The molecule has 2 unspecified atom stereocenters. The third-order valence-electron chi connectivity index (χ3n) is 6.74. The van der Waals surface area contributed by atoms with E-state index < -0.39 is 0 Å². The summed E-state index contributed by atoms with van der Waals surface area (Å²) in [6.45, 7) is 2.12. The van der Waals surface area contributed by atoms with E-state index in [1.807, 2.05) is 12.1 Å². The number of amides is 2. The Hall–Kier alpha value is -4.72. The number of aryl methyl sites for hydroxylation is 2. The average Bonchev–Trinajstić information content (AvgIpc) is 3.57. The van der Waals surface area contributed by atoms with E-state index in [9.17, 15) is 9.59 Å². The van der Waals surface area contributed by atoms with E-state index in [1.54, 1.807) is 49.2 Å².